The van der Waals surface area contributed by atoms with Gasteiger partial charge in [0.1, 0.15) is 11.6 Å². The van der Waals surface area contributed by atoms with E-state index < -0.39 is 23.0 Å². The highest BCUT2D eigenvalue weighted by molar-refractivity contribution is 5.68. The lowest BCUT2D eigenvalue weighted by Gasteiger charge is -2.10. The van der Waals surface area contributed by atoms with Gasteiger partial charge < -0.3 is 10.4 Å². The van der Waals surface area contributed by atoms with Crippen LogP contribution in [0.1, 0.15) is 0 Å². The predicted octanol–water partition coefficient (Wildman–Crippen LogP) is 3.52. The van der Waals surface area contributed by atoms with Gasteiger partial charge in [-0.1, -0.05) is 12.1 Å². The maximum atomic E-state index is 13.8. The predicted molar refractivity (Wildman–Crippen MR) is 63.0 cm³/mol. The molecule has 18 heavy (non-hydrogen) atoms. The highest BCUT2D eigenvalue weighted by Gasteiger charge is 2.19. The summed E-state index contributed by atoms with van der Waals surface area (Å²) in [6, 6.07) is 6.07. The summed E-state index contributed by atoms with van der Waals surface area (Å²) in [5, 5.41) is 11.5. The van der Waals surface area contributed by atoms with E-state index in [9.17, 15) is 13.2 Å². The molecule has 0 fully saturated rings. The van der Waals surface area contributed by atoms with Crippen LogP contribution in [0.3, 0.4) is 0 Å². The second-order valence-corrected chi connectivity index (χ2v) is 3.71. The molecule has 0 spiro atoms. The van der Waals surface area contributed by atoms with Gasteiger partial charge in [-0.3, -0.25) is 0 Å². The molecule has 0 heterocycles. The summed E-state index contributed by atoms with van der Waals surface area (Å²) in [5.74, 6) is -3.30. The van der Waals surface area contributed by atoms with E-state index in [-0.39, 0.29) is 17.0 Å². The summed E-state index contributed by atoms with van der Waals surface area (Å²) < 4.78 is 41.1. The number of rotatable bonds is 2. The Kier molecular flexibility index (Phi) is 3.14. The molecule has 0 saturated heterocycles. The Morgan fingerprint density at radius 2 is 1.61 bits per heavy atom. The minimum Gasteiger partial charge on any atom is -0.508 e. The van der Waals surface area contributed by atoms with Crippen LogP contribution in [-0.4, -0.2) is 12.2 Å². The van der Waals surface area contributed by atoms with Crippen molar-refractivity contribution in [3.8, 4) is 16.9 Å². The van der Waals surface area contributed by atoms with E-state index in [0.29, 0.717) is 0 Å². The Labute approximate surface area is 102 Å². The fraction of sp³-hybridized carbons (Fsp3) is 0.0769. The van der Waals surface area contributed by atoms with E-state index in [1.165, 1.54) is 31.3 Å². The molecule has 2 aromatic rings. The first-order valence-electron chi connectivity index (χ1n) is 5.19. The van der Waals surface area contributed by atoms with Crippen LogP contribution in [0.25, 0.3) is 11.1 Å². The van der Waals surface area contributed by atoms with Crippen LogP contribution in [0.4, 0.5) is 18.9 Å². The van der Waals surface area contributed by atoms with Crippen molar-refractivity contribution in [2.24, 2.45) is 0 Å². The molecule has 0 aromatic heterocycles. The number of anilines is 1. The molecular formula is C13H10F3NO. The zero-order valence-corrected chi connectivity index (χ0v) is 9.47. The van der Waals surface area contributed by atoms with Gasteiger partial charge in [0.05, 0.1) is 11.3 Å². The normalized spacial score (nSPS) is 10.4. The first-order chi connectivity index (χ1) is 8.54. The van der Waals surface area contributed by atoms with Crippen LogP contribution in [0.5, 0.6) is 5.75 Å². The first kappa shape index (κ1) is 12.3. The first-order valence-corrected chi connectivity index (χ1v) is 5.19. The van der Waals surface area contributed by atoms with Crippen LogP contribution in [-0.2, 0) is 0 Å². The third-order valence-corrected chi connectivity index (χ3v) is 2.58. The molecule has 0 bridgehead atoms. The van der Waals surface area contributed by atoms with Gasteiger partial charge in [0, 0.05) is 13.1 Å². The summed E-state index contributed by atoms with van der Waals surface area (Å²) in [6.07, 6.45) is 0. The Bertz CT molecular complexity index is 582. The number of aromatic hydroxyl groups is 1. The third kappa shape index (κ3) is 1.99. The van der Waals surface area contributed by atoms with E-state index in [4.69, 9.17) is 5.11 Å². The molecule has 0 radical (unpaired) electrons. The van der Waals surface area contributed by atoms with Crippen LogP contribution >= 0.6 is 0 Å². The van der Waals surface area contributed by atoms with E-state index >= 15 is 0 Å². The van der Waals surface area contributed by atoms with E-state index in [2.05, 4.69) is 5.32 Å². The van der Waals surface area contributed by atoms with Crippen molar-refractivity contribution in [3.05, 3.63) is 47.8 Å². The molecule has 2 nitrogen and oxygen atoms in total. The standard InChI is InChI=1S/C13H10F3NO/c1-17-10-6-9(14)11(13(16)12(10)15)7-2-4-8(18)5-3-7/h2-6,17-18H,1H3. The molecule has 0 aliphatic heterocycles. The lowest BCUT2D eigenvalue weighted by Crippen LogP contribution is -2.01. The Morgan fingerprint density at radius 3 is 2.17 bits per heavy atom. The van der Waals surface area contributed by atoms with Gasteiger partial charge in [0.2, 0.25) is 0 Å². The zero-order valence-electron chi connectivity index (χ0n) is 9.47. The van der Waals surface area contributed by atoms with Gasteiger partial charge in [-0.2, -0.15) is 0 Å². The Hall–Kier alpha value is -2.17. The van der Waals surface area contributed by atoms with Crippen molar-refractivity contribution >= 4 is 5.69 Å². The van der Waals surface area contributed by atoms with Crippen molar-refractivity contribution in [2.45, 2.75) is 0 Å². The van der Waals surface area contributed by atoms with Crippen molar-refractivity contribution < 1.29 is 18.3 Å². The number of nitrogens with one attached hydrogen (secondary N) is 1. The van der Waals surface area contributed by atoms with Gasteiger partial charge in [-0.15, -0.1) is 0 Å². The van der Waals surface area contributed by atoms with Crippen LogP contribution in [0.15, 0.2) is 30.3 Å². The largest absolute Gasteiger partial charge is 0.508 e. The number of benzene rings is 2. The number of hydrogen-bond donors (Lipinski definition) is 2. The van der Waals surface area contributed by atoms with E-state index in [1.54, 1.807) is 0 Å². The molecule has 0 saturated carbocycles. The van der Waals surface area contributed by atoms with Gasteiger partial charge in [0.15, 0.2) is 11.6 Å². The van der Waals surface area contributed by atoms with Crippen LogP contribution in [0.2, 0.25) is 0 Å². The monoisotopic (exact) mass is 253 g/mol. The Balaban J connectivity index is 2.64. The van der Waals surface area contributed by atoms with Crippen LogP contribution < -0.4 is 5.32 Å². The second kappa shape index (κ2) is 4.60. The number of hydrogen-bond acceptors (Lipinski definition) is 2. The number of halogens is 3. The maximum absolute atomic E-state index is 13.8. The molecule has 0 atom stereocenters. The summed E-state index contributed by atoms with van der Waals surface area (Å²) in [6.45, 7) is 0. The van der Waals surface area contributed by atoms with Crippen molar-refractivity contribution in [1.29, 1.82) is 0 Å². The van der Waals surface area contributed by atoms with Crippen molar-refractivity contribution in [1.82, 2.24) is 0 Å². The highest BCUT2D eigenvalue weighted by Crippen LogP contribution is 2.32. The van der Waals surface area contributed by atoms with Gasteiger partial charge in [-0.25, -0.2) is 13.2 Å². The summed E-state index contributed by atoms with van der Waals surface area (Å²) >= 11 is 0. The molecule has 0 aliphatic carbocycles. The second-order valence-electron chi connectivity index (χ2n) is 3.71. The Morgan fingerprint density at radius 1 is 1.00 bits per heavy atom. The fourth-order valence-corrected chi connectivity index (χ4v) is 1.67. The number of phenols is 1. The van der Waals surface area contributed by atoms with Gasteiger partial charge in [0.25, 0.3) is 0 Å². The average molecular weight is 253 g/mol. The van der Waals surface area contributed by atoms with Gasteiger partial charge in [-0.05, 0) is 17.7 Å². The molecule has 5 heteroatoms. The SMILES string of the molecule is CNc1cc(F)c(-c2ccc(O)cc2)c(F)c1F. The van der Waals surface area contributed by atoms with Crippen LogP contribution in [0, 0.1) is 17.5 Å². The van der Waals surface area contributed by atoms with Crippen molar-refractivity contribution in [2.75, 3.05) is 12.4 Å². The molecule has 94 valence electrons. The minimum atomic E-state index is -1.26. The quantitative estimate of drug-likeness (QED) is 0.802. The average Bonchev–Trinajstić information content (AvgIpc) is 2.36. The maximum Gasteiger partial charge on any atom is 0.182 e. The lowest BCUT2D eigenvalue weighted by atomic mass is 10.0. The van der Waals surface area contributed by atoms with Crippen molar-refractivity contribution in [3.63, 3.8) is 0 Å². The molecule has 2 rings (SSSR count). The fourth-order valence-electron chi connectivity index (χ4n) is 1.67. The molecule has 0 aliphatic rings. The topological polar surface area (TPSA) is 32.3 Å². The highest BCUT2D eigenvalue weighted by atomic mass is 19.2. The lowest BCUT2D eigenvalue weighted by molar-refractivity contribution is 0.475. The van der Waals surface area contributed by atoms with E-state index in [1.807, 2.05) is 0 Å². The molecule has 2 aromatic carbocycles. The smallest absolute Gasteiger partial charge is 0.182 e. The molecule has 2 N–H and O–H groups in total. The minimum absolute atomic E-state index is 0.0353. The van der Waals surface area contributed by atoms with E-state index in [0.717, 1.165) is 6.07 Å². The summed E-state index contributed by atoms with van der Waals surface area (Å²) in [4.78, 5) is 0. The number of phenolic OH excluding ortho intramolecular Hbond substituents is 1. The third-order valence-electron chi connectivity index (χ3n) is 2.58. The molecule has 0 unspecified atom stereocenters. The summed E-state index contributed by atoms with van der Waals surface area (Å²) in [5.41, 5.74) is -0.539. The molecule has 0 amide bonds. The zero-order chi connectivity index (χ0) is 13.3. The molecular weight excluding hydrogens is 243 g/mol. The van der Waals surface area contributed by atoms with Gasteiger partial charge >= 0.3 is 0 Å². The summed E-state index contributed by atoms with van der Waals surface area (Å²) in [7, 11) is 1.37.